The van der Waals surface area contributed by atoms with Crippen LogP contribution in [0.3, 0.4) is 0 Å². The van der Waals surface area contributed by atoms with E-state index >= 15 is 0 Å². The van der Waals surface area contributed by atoms with Crippen LogP contribution >= 0.6 is 24.0 Å². The molecule has 0 atom stereocenters. The Hall–Kier alpha value is -2.55. The summed E-state index contributed by atoms with van der Waals surface area (Å²) >= 11 is 6.44. The number of likely N-dealkylation sites (N-methyl/N-ethyl adjacent to an activating group) is 1. The molecule has 3 rings (SSSR count). The third-order valence-electron chi connectivity index (χ3n) is 4.20. The van der Waals surface area contributed by atoms with E-state index in [4.69, 9.17) is 31.2 Å². The predicted octanol–water partition coefficient (Wildman–Crippen LogP) is 4.00. The molecule has 1 saturated heterocycles. The first-order chi connectivity index (χ1) is 14.6. The van der Waals surface area contributed by atoms with E-state index in [9.17, 15) is 4.79 Å². The zero-order valence-corrected chi connectivity index (χ0v) is 18.5. The second-order valence-corrected chi connectivity index (χ2v) is 7.95. The van der Waals surface area contributed by atoms with Crippen LogP contribution in [0.15, 0.2) is 53.4 Å². The molecule has 0 bridgehead atoms. The van der Waals surface area contributed by atoms with Crippen molar-refractivity contribution in [3.8, 4) is 17.2 Å². The molecule has 8 heteroatoms. The SMILES string of the molecule is COc1cc(/C=C2\SC(=S)N(C)C2=O)ccc1OCCOCCOc1ccccc1. The Labute approximate surface area is 185 Å². The largest absolute Gasteiger partial charge is 0.493 e. The number of hydrogen-bond donors (Lipinski definition) is 0. The van der Waals surface area contributed by atoms with Crippen LogP contribution in [0.5, 0.6) is 17.2 Å². The number of ether oxygens (including phenoxy) is 4. The second-order valence-electron chi connectivity index (χ2n) is 6.27. The first-order valence-electron chi connectivity index (χ1n) is 9.36. The summed E-state index contributed by atoms with van der Waals surface area (Å²) in [5.74, 6) is 1.92. The minimum atomic E-state index is -0.0994. The van der Waals surface area contributed by atoms with E-state index in [-0.39, 0.29) is 5.91 Å². The molecule has 0 unspecified atom stereocenters. The van der Waals surface area contributed by atoms with Gasteiger partial charge in [0.2, 0.25) is 0 Å². The number of methoxy groups -OCH3 is 1. The summed E-state index contributed by atoms with van der Waals surface area (Å²) < 4.78 is 22.8. The lowest BCUT2D eigenvalue weighted by Gasteiger charge is -2.12. The average Bonchev–Trinajstić information content (AvgIpc) is 3.01. The summed E-state index contributed by atoms with van der Waals surface area (Å²) in [6, 6.07) is 15.1. The summed E-state index contributed by atoms with van der Waals surface area (Å²) in [6.45, 7) is 1.77. The van der Waals surface area contributed by atoms with Crippen LogP contribution in [-0.2, 0) is 9.53 Å². The van der Waals surface area contributed by atoms with Gasteiger partial charge in [0.1, 0.15) is 23.3 Å². The molecule has 1 aliphatic rings. The molecule has 2 aromatic carbocycles. The fourth-order valence-electron chi connectivity index (χ4n) is 2.64. The molecule has 2 aromatic rings. The standard InChI is InChI=1S/C22H23NO5S2/c1-23-21(24)20(30-22(23)29)15-16-8-9-18(19(14-16)25-2)28-13-11-26-10-12-27-17-6-4-3-5-7-17/h3-9,14-15H,10-13H2,1-2H3/b20-15-. The molecule has 0 saturated carbocycles. The lowest BCUT2D eigenvalue weighted by Crippen LogP contribution is -2.22. The fourth-order valence-corrected chi connectivity index (χ4v) is 3.82. The van der Waals surface area contributed by atoms with Crippen molar-refractivity contribution in [2.75, 3.05) is 40.6 Å². The van der Waals surface area contributed by atoms with Crippen molar-refractivity contribution < 1.29 is 23.7 Å². The summed E-state index contributed by atoms with van der Waals surface area (Å²) in [5.41, 5.74) is 0.836. The van der Waals surface area contributed by atoms with Gasteiger partial charge in [-0.2, -0.15) is 0 Å². The maximum Gasteiger partial charge on any atom is 0.265 e. The quantitative estimate of drug-likeness (QED) is 0.311. The van der Waals surface area contributed by atoms with Gasteiger partial charge in [0.15, 0.2) is 11.5 Å². The van der Waals surface area contributed by atoms with Crippen molar-refractivity contribution in [3.05, 3.63) is 59.0 Å². The van der Waals surface area contributed by atoms with Gasteiger partial charge >= 0.3 is 0 Å². The van der Waals surface area contributed by atoms with Crippen LogP contribution in [0.1, 0.15) is 5.56 Å². The van der Waals surface area contributed by atoms with Gasteiger partial charge in [-0.25, -0.2) is 0 Å². The Morgan fingerprint density at radius 2 is 1.73 bits per heavy atom. The first kappa shape index (κ1) is 22.1. The highest BCUT2D eigenvalue weighted by Gasteiger charge is 2.28. The van der Waals surface area contributed by atoms with Crippen molar-refractivity contribution in [1.29, 1.82) is 0 Å². The lowest BCUT2D eigenvalue weighted by molar-refractivity contribution is -0.121. The molecule has 158 valence electrons. The van der Waals surface area contributed by atoms with E-state index in [2.05, 4.69) is 0 Å². The molecule has 0 spiro atoms. The van der Waals surface area contributed by atoms with Gasteiger partial charge in [-0.05, 0) is 35.9 Å². The predicted molar refractivity (Wildman–Crippen MR) is 122 cm³/mol. The van der Waals surface area contributed by atoms with E-state index in [1.165, 1.54) is 16.7 Å². The molecule has 1 fully saturated rings. The van der Waals surface area contributed by atoms with E-state index in [1.807, 2.05) is 48.5 Å². The van der Waals surface area contributed by atoms with Gasteiger partial charge in [0.25, 0.3) is 5.91 Å². The smallest absolute Gasteiger partial charge is 0.265 e. The Morgan fingerprint density at radius 1 is 1.00 bits per heavy atom. The van der Waals surface area contributed by atoms with Crippen LogP contribution in [0.4, 0.5) is 0 Å². The van der Waals surface area contributed by atoms with E-state index in [0.717, 1.165) is 11.3 Å². The van der Waals surface area contributed by atoms with Gasteiger partial charge in [0, 0.05) is 7.05 Å². The molecule has 0 N–H and O–H groups in total. The highest BCUT2D eigenvalue weighted by atomic mass is 32.2. The minimum absolute atomic E-state index is 0.0994. The number of carbonyl (C=O) groups is 1. The number of hydrogen-bond acceptors (Lipinski definition) is 7. The molecule has 0 radical (unpaired) electrons. The second kappa shape index (κ2) is 11.0. The molecule has 0 aliphatic carbocycles. The number of amides is 1. The number of para-hydroxylation sites is 1. The summed E-state index contributed by atoms with van der Waals surface area (Å²) in [4.78, 5) is 14.2. The molecule has 1 aliphatic heterocycles. The van der Waals surface area contributed by atoms with Crippen LogP contribution in [0.25, 0.3) is 6.08 Å². The topological polar surface area (TPSA) is 57.2 Å². The van der Waals surface area contributed by atoms with Gasteiger partial charge in [-0.15, -0.1) is 0 Å². The molecular weight excluding hydrogens is 422 g/mol. The molecule has 6 nitrogen and oxygen atoms in total. The molecular formula is C22H23NO5S2. The number of carbonyl (C=O) groups excluding carboxylic acids is 1. The fraction of sp³-hybridized carbons (Fsp3) is 0.273. The van der Waals surface area contributed by atoms with Gasteiger partial charge in [0.05, 0.1) is 25.2 Å². The third-order valence-corrected chi connectivity index (χ3v) is 5.68. The molecule has 30 heavy (non-hydrogen) atoms. The van der Waals surface area contributed by atoms with Crippen molar-refractivity contribution in [2.24, 2.45) is 0 Å². The van der Waals surface area contributed by atoms with Gasteiger partial charge in [-0.1, -0.05) is 48.2 Å². The number of rotatable bonds is 10. The van der Waals surface area contributed by atoms with Crippen molar-refractivity contribution in [1.82, 2.24) is 4.90 Å². The van der Waals surface area contributed by atoms with Crippen LogP contribution in [0, 0.1) is 0 Å². The van der Waals surface area contributed by atoms with Crippen LogP contribution < -0.4 is 14.2 Å². The minimum Gasteiger partial charge on any atom is -0.493 e. The molecule has 1 amide bonds. The first-order valence-corrected chi connectivity index (χ1v) is 10.6. The summed E-state index contributed by atoms with van der Waals surface area (Å²) in [5, 5.41) is 0. The average molecular weight is 446 g/mol. The zero-order valence-electron chi connectivity index (χ0n) is 16.8. The maximum absolute atomic E-state index is 12.1. The summed E-state index contributed by atoms with van der Waals surface area (Å²) in [6.07, 6.45) is 1.80. The number of nitrogens with zero attached hydrogens (tertiary/aromatic N) is 1. The monoisotopic (exact) mass is 445 g/mol. The Morgan fingerprint density at radius 3 is 2.40 bits per heavy atom. The molecule has 1 heterocycles. The van der Waals surface area contributed by atoms with E-state index in [1.54, 1.807) is 20.2 Å². The van der Waals surface area contributed by atoms with Gasteiger partial charge < -0.3 is 18.9 Å². The third kappa shape index (κ3) is 5.98. The van der Waals surface area contributed by atoms with Gasteiger partial charge in [-0.3, -0.25) is 9.69 Å². The highest BCUT2D eigenvalue weighted by molar-refractivity contribution is 8.26. The number of thiocarbonyl (C=S) groups is 1. The summed E-state index contributed by atoms with van der Waals surface area (Å²) in [7, 11) is 3.25. The lowest BCUT2D eigenvalue weighted by atomic mass is 10.2. The van der Waals surface area contributed by atoms with Crippen molar-refractivity contribution >= 4 is 40.3 Å². The molecule has 0 aromatic heterocycles. The van der Waals surface area contributed by atoms with Crippen molar-refractivity contribution in [2.45, 2.75) is 0 Å². The van der Waals surface area contributed by atoms with E-state index in [0.29, 0.717) is 47.2 Å². The van der Waals surface area contributed by atoms with E-state index < -0.39 is 0 Å². The number of benzene rings is 2. The highest BCUT2D eigenvalue weighted by Crippen LogP contribution is 2.34. The maximum atomic E-state index is 12.1. The van der Waals surface area contributed by atoms with Crippen LogP contribution in [0.2, 0.25) is 0 Å². The zero-order chi connectivity index (χ0) is 21.3. The Bertz CT molecular complexity index is 917. The van der Waals surface area contributed by atoms with Crippen LogP contribution in [-0.4, -0.2) is 55.7 Å². The normalized spacial score (nSPS) is 15.0. The Balaban J connectivity index is 1.45. The number of thioether (sulfide) groups is 1. The van der Waals surface area contributed by atoms with Crippen molar-refractivity contribution in [3.63, 3.8) is 0 Å². The Kier molecular flexibility index (Phi) is 8.12.